The Bertz CT molecular complexity index is 401. The van der Waals surface area contributed by atoms with Crippen LogP contribution in [-0.2, 0) is 13.0 Å². The molecule has 0 atom stereocenters. The summed E-state index contributed by atoms with van der Waals surface area (Å²) < 4.78 is 0. The molecule has 4 heteroatoms. The van der Waals surface area contributed by atoms with Crippen LogP contribution in [0.2, 0.25) is 0 Å². The quantitative estimate of drug-likeness (QED) is 0.816. The molecule has 1 aliphatic rings. The van der Waals surface area contributed by atoms with E-state index in [2.05, 4.69) is 48.0 Å². The van der Waals surface area contributed by atoms with Crippen molar-refractivity contribution in [1.82, 2.24) is 10.3 Å². The Morgan fingerprint density at radius 3 is 2.95 bits per heavy atom. The van der Waals surface area contributed by atoms with Gasteiger partial charge < -0.3 is 10.2 Å². The molecule has 20 heavy (non-hydrogen) atoms. The molecule has 1 aromatic heterocycles. The highest BCUT2D eigenvalue weighted by Gasteiger charge is 2.12. The fraction of sp³-hybridized carbons (Fsp3) is 0.688. The van der Waals surface area contributed by atoms with E-state index in [1.807, 2.05) is 0 Å². The second-order valence-corrected chi connectivity index (χ2v) is 6.53. The van der Waals surface area contributed by atoms with E-state index in [9.17, 15) is 0 Å². The van der Waals surface area contributed by atoms with Crippen LogP contribution in [-0.4, -0.2) is 36.1 Å². The Morgan fingerprint density at radius 2 is 2.15 bits per heavy atom. The number of rotatable bonds is 6. The predicted molar refractivity (Wildman–Crippen MR) is 89.8 cm³/mol. The molecule has 1 fully saturated rings. The van der Waals surface area contributed by atoms with Crippen LogP contribution in [0.1, 0.15) is 37.9 Å². The number of hydrogen-bond donors (Lipinski definition) is 1. The van der Waals surface area contributed by atoms with Gasteiger partial charge in [0.1, 0.15) is 5.82 Å². The summed E-state index contributed by atoms with van der Waals surface area (Å²) in [4.78, 5) is 7.30. The van der Waals surface area contributed by atoms with Gasteiger partial charge in [0.15, 0.2) is 0 Å². The van der Waals surface area contributed by atoms with Crippen LogP contribution in [0.4, 0.5) is 5.82 Å². The van der Waals surface area contributed by atoms with Crippen LogP contribution in [0.5, 0.6) is 0 Å². The molecule has 2 rings (SSSR count). The summed E-state index contributed by atoms with van der Waals surface area (Å²) in [7, 11) is 0. The zero-order valence-electron chi connectivity index (χ0n) is 12.8. The standard InChI is InChI=1S/C16H27N3S/c1-3-6-17-13-14-11-15(4-2)18-16(12-14)19-7-5-9-20-10-8-19/h11-12,17H,3-10,13H2,1-2H3. The summed E-state index contributed by atoms with van der Waals surface area (Å²) in [5, 5.41) is 3.49. The van der Waals surface area contributed by atoms with Crippen molar-refractivity contribution in [2.24, 2.45) is 0 Å². The first-order valence-corrected chi connectivity index (χ1v) is 9.02. The molecule has 0 aliphatic carbocycles. The molecule has 0 radical (unpaired) electrons. The van der Waals surface area contributed by atoms with Crippen molar-refractivity contribution in [3.8, 4) is 0 Å². The fourth-order valence-electron chi connectivity index (χ4n) is 2.46. The average Bonchev–Trinajstić information content (AvgIpc) is 2.76. The van der Waals surface area contributed by atoms with Gasteiger partial charge >= 0.3 is 0 Å². The van der Waals surface area contributed by atoms with Gasteiger partial charge in [0.25, 0.3) is 0 Å². The summed E-state index contributed by atoms with van der Waals surface area (Å²) >= 11 is 2.06. The number of nitrogens with zero attached hydrogens (tertiary/aromatic N) is 2. The van der Waals surface area contributed by atoms with Crippen molar-refractivity contribution in [2.75, 3.05) is 36.0 Å². The SMILES string of the molecule is CCCNCc1cc(CC)nc(N2CCCSCC2)c1. The zero-order valence-corrected chi connectivity index (χ0v) is 13.6. The van der Waals surface area contributed by atoms with Crippen molar-refractivity contribution in [1.29, 1.82) is 0 Å². The van der Waals surface area contributed by atoms with Crippen LogP contribution in [0.25, 0.3) is 0 Å². The number of anilines is 1. The number of hydrogen-bond acceptors (Lipinski definition) is 4. The van der Waals surface area contributed by atoms with Crippen molar-refractivity contribution < 1.29 is 0 Å². The molecular weight excluding hydrogens is 266 g/mol. The van der Waals surface area contributed by atoms with Gasteiger partial charge in [-0.25, -0.2) is 4.98 Å². The molecule has 1 aromatic rings. The van der Waals surface area contributed by atoms with Gasteiger partial charge in [-0.05, 0) is 49.3 Å². The monoisotopic (exact) mass is 293 g/mol. The summed E-state index contributed by atoms with van der Waals surface area (Å²) in [6.07, 6.45) is 3.46. The minimum absolute atomic E-state index is 0.957. The van der Waals surface area contributed by atoms with E-state index in [1.54, 1.807) is 0 Å². The van der Waals surface area contributed by atoms with E-state index >= 15 is 0 Å². The maximum atomic E-state index is 4.83. The number of nitrogens with one attached hydrogen (secondary N) is 1. The van der Waals surface area contributed by atoms with Crippen molar-refractivity contribution >= 4 is 17.6 Å². The third-order valence-electron chi connectivity index (χ3n) is 3.59. The lowest BCUT2D eigenvalue weighted by Crippen LogP contribution is -2.27. The average molecular weight is 293 g/mol. The first kappa shape index (κ1) is 15.6. The van der Waals surface area contributed by atoms with Gasteiger partial charge in [0.05, 0.1) is 0 Å². The first-order valence-electron chi connectivity index (χ1n) is 7.86. The highest BCUT2D eigenvalue weighted by atomic mass is 32.2. The Kier molecular flexibility index (Phi) is 6.67. The predicted octanol–water partition coefficient (Wildman–Crippen LogP) is 3.09. The molecular formula is C16H27N3S. The Hall–Kier alpha value is -0.740. The number of aryl methyl sites for hydroxylation is 1. The third-order valence-corrected chi connectivity index (χ3v) is 4.64. The highest BCUT2D eigenvalue weighted by Crippen LogP contribution is 2.19. The molecule has 112 valence electrons. The zero-order chi connectivity index (χ0) is 14.2. The maximum Gasteiger partial charge on any atom is 0.129 e. The van der Waals surface area contributed by atoms with Crippen LogP contribution >= 0.6 is 11.8 Å². The Balaban J connectivity index is 2.11. The normalized spacial score (nSPS) is 16.2. The van der Waals surface area contributed by atoms with E-state index in [0.29, 0.717) is 0 Å². The summed E-state index contributed by atoms with van der Waals surface area (Å²) in [6, 6.07) is 4.52. The minimum Gasteiger partial charge on any atom is -0.356 e. The van der Waals surface area contributed by atoms with Crippen molar-refractivity contribution in [3.05, 3.63) is 23.4 Å². The van der Waals surface area contributed by atoms with Gasteiger partial charge in [0.2, 0.25) is 0 Å². The molecule has 0 spiro atoms. The molecule has 0 saturated carbocycles. The molecule has 1 N–H and O–H groups in total. The van der Waals surface area contributed by atoms with E-state index in [1.165, 1.54) is 41.4 Å². The number of pyridine rings is 1. The third kappa shape index (κ3) is 4.67. The van der Waals surface area contributed by atoms with Gasteiger partial charge in [-0.2, -0.15) is 11.8 Å². The van der Waals surface area contributed by atoms with E-state index in [0.717, 1.165) is 32.6 Å². The molecule has 0 bridgehead atoms. The molecule has 0 unspecified atom stereocenters. The van der Waals surface area contributed by atoms with E-state index in [-0.39, 0.29) is 0 Å². The molecule has 0 aromatic carbocycles. The van der Waals surface area contributed by atoms with E-state index < -0.39 is 0 Å². The summed E-state index contributed by atoms with van der Waals surface area (Å²) in [5.74, 6) is 3.69. The lowest BCUT2D eigenvalue weighted by Gasteiger charge is -2.22. The molecule has 1 aliphatic heterocycles. The van der Waals surface area contributed by atoms with Gasteiger partial charge in [-0.3, -0.25) is 0 Å². The fourth-order valence-corrected chi connectivity index (χ4v) is 3.35. The maximum absolute atomic E-state index is 4.83. The van der Waals surface area contributed by atoms with E-state index in [4.69, 9.17) is 4.98 Å². The van der Waals surface area contributed by atoms with Crippen molar-refractivity contribution in [3.63, 3.8) is 0 Å². The lowest BCUT2D eigenvalue weighted by molar-refractivity contribution is 0.673. The lowest BCUT2D eigenvalue weighted by atomic mass is 10.2. The second kappa shape index (κ2) is 8.53. The first-order chi connectivity index (χ1) is 9.83. The van der Waals surface area contributed by atoms with Crippen LogP contribution < -0.4 is 10.2 Å². The van der Waals surface area contributed by atoms with Gasteiger partial charge in [0, 0.05) is 31.1 Å². The van der Waals surface area contributed by atoms with Crippen molar-refractivity contribution in [2.45, 2.75) is 39.7 Å². The van der Waals surface area contributed by atoms with Crippen LogP contribution in [0.3, 0.4) is 0 Å². The smallest absolute Gasteiger partial charge is 0.129 e. The number of thioether (sulfide) groups is 1. The molecule has 3 nitrogen and oxygen atoms in total. The molecule has 0 amide bonds. The van der Waals surface area contributed by atoms with Crippen LogP contribution in [0.15, 0.2) is 12.1 Å². The minimum atomic E-state index is 0.957. The largest absolute Gasteiger partial charge is 0.356 e. The van der Waals surface area contributed by atoms with Gasteiger partial charge in [-0.1, -0.05) is 13.8 Å². The summed E-state index contributed by atoms with van der Waals surface area (Å²) in [5.41, 5.74) is 2.59. The van der Waals surface area contributed by atoms with Crippen LogP contribution in [0, 0.1) is 0 Å². The topological polar surface area (TPSA) is 28.2 Å². The Morgan fingerprint density at radius 1 is 1.25 bits per heavy atom. The Labute approximate surface area is 127 Å². The highest BCUT2D eigenvalue weighted by molar-refractivity contribution is 7.99. The summed E-state index contributed by atoms with van der Waals surface area (Å²) in [6.45, 7) is 8.71. The molecule has 1 saturated heterocycles. The van der Waals surface area contributed by atoms with Gasteiger partial charge in [-0.15, -0.1) is 0 Å². The molecule has 2 heterocycles. The second-order valence-electron chi connectivity index (χ2n) is 5.31. The number of aromatic nitrogens is 1.